The van der Waals surface area contributed by atoms with Gasteiger partial charge in [-0.25, -0.2) is 0 Å². The highest BCUT2D eigenvalue weighted by molar-refractivity contribution is 7.86. The fraction of sp³-hybridized carbons (Fsp3) is 0.385. The van der Waals surface area contributed by atoms with Crippen LogP contribution >= 0.6 is 0 Å². The summed E-state index contributed by atoms with van der Waals surface area (Å²) in [6, 6.07) is 4.38. The largest absolute Gasteiger partial charge is 0.505 e. The summed E-state index contributed by atoms with van der Waals surface area (Å²) in [6.07, 6.45) is -0.118. The van der Waals surface area contributed by atoms with Gasteiger partial charge in [-0.15, -0.1) is 3.89 Å². The number of ketones is 1. The van der Waals surface area contributed by atoms with Crippen LogP contribution in [0.5, 0.6) is 5.75 Å². The summed E-state index contributed by atoms with van der Waals surface area (Å²) in [4.78, 5) is 24.5. The molecule has 1 fully saturated rings. The van der Waals surface area contributed by atoms with Gasteiger partial charge in [0.1, 0.15) is 5.75 Å². The molecule has 1 unspecified atom stereocenters. The molecule has 1 N–H and O–H groups in total. The Morgan fingerprint density at radius 1 is 1.48 bits per heavy atom. The van der Waals surface area contributed by atoms with Crippen molar-refractivity contribution in [3.05, 3.63) is 23.8 Å². The van der Waals surface area contributed by atoms with Crippen molar-refractivity contribution >= 4 is 27.6 Å². The average Bonchev–Trinajstić information content (AvgIpc) is 2.67. The van der Waals surface area contributed by atoms with Gasteiger partial charge in [-0.1, -0.05) is 6.07 Å². The summed E-state index contributed by atoms with van der Waals surface area (Å²) >= 11 is 0. The third kappa shape index (κ3) is 3.38. The van der Waals surface area contributed by atoms with Gasteiger partial charge in [0.25, 0.3) is 0 Å². The van der Waals surface area contributed by atoms with E-state index in [-0.39, 0.29) is 35.7 Å². The molecule has 1 aliphatic rings. The van der Waals surface area contributed by atoms with Crippen molar-refractivity contribution in [3.63, 3.8) is 0 Å². The maximum Gasteiger partial charge on any atom is 0.302 e. The Kier molecular flexibility index (Phi) is 3.99. The van der Waals surface area contributed by atoms with Crippen LogP contribution < -0.4 is 4.90 Å². The van der Waals surface area contributed by atoms with Gasteiger partial charge < -0.3 is 10.0 Å². The first kappa shape index (κ1) is 15.4. The van der Waals surface area contributed by atoms with Crippen molar-refractivity contribution in [2.24, 2.45) is 5.92 Å². The summed E-state index contributed by atoms with van der Waals surface area (Å²) in [7, 11) is -4.66. The molecule has 0 aliphatic carbocycles. The first-order valence-electron chi connectivity index (χ1n) is 6.24. The topological polar surface area (TPSA) is 91.8 Å². The van der Waals surface area contributed by atoms with E-state index in [9.17, 15) is 27.0 Å². The second-order valence-electron chi connectivity index (χ2n) is 5.01. The van der Waals surface area contributed by atoms with Crippen LogP contribution in [0.2, 0.25) is 0 Å². The molecule has 0 radical (unpaired) electrons. The predicted molar refractivity (Wildman–Crippen MR) is 73.5 cm³/mol. The number of para-hydroxylation sites is 1. The number of halogens is 1. The van der Waals surface area contributed by atoms with Gasteiger partial charge in [0.05, 0.1) is 17.0 Å². The second-order valence-corrected chi connectivity index (χ2v) is 6.42. The number of anilines is 1. The van der Waals surface area contributed by atoms with Crippen LogP contribution in [0.25, 0.3) is 0 Å². The van der Waals surface area contributed by atoms with E-state index in [1.807, 2.05) is 0 Å². The number of nitrogens with zero attached hydrogens (tertiary/aromatic N) is 1. The molecule has 1 saturated heterocycles. The fourth-order valence-corrected chi connectivity index (χ4v) is 3.23. The van der Waals surface area contributed by atoms with E-state index >= 15 is 0 Å². The SMILES string of the molecule is CC(=O)c1cccc(N2CC(CS(=O)(=O)F)CC2=O)c1O. The molecule has 0 aromatic heterocycles. The molecule has 0 saturated carbocycles. The number of rotatable bonds is 4. The standard InChI is InChI=1S/C13H14FNO5S/c1-8(16)10-3-2-4-11(13(10)18)15-6-9(5-12(15)17)7-21(14,19)20/h2-4,9,18H,5-7H2,1H3. The maximum absolute atomic E-state index is 12.7. The van der Waals surface area contributed by atoms with Crippen molar-refractivity contribution in [1.82, 2.24) is 0 Å². The lowest BCUT2D eigenvalue weighted by atomic mass is 10.1. The van der Waals surface area contributed by atoms with Crippen molar-refractivity contribution < 1.29 is 27.0 Å². The Morgan fingerprint density at radius 2 is 2.14 bits per heavy atom. The van der Waals surface area contributed by atoms with Crippen molar-refractivity contribution in [2.45, 2.75) is 13.3 Å². The molecule has 2 rings (SSSR count). The number of phenols is 1. The fourth-order valence-electron chi connectivity index (χ4n) is 2.44. The molecule has 1 heterocycles. The smallest absolute Gasteiger partial charge is 0.302 e. The lowest BCUT2D eigenvalue weighted by Gasteiger charge is -2.19. The zero-order chi connectivity index (χ0) is 15.8. The van der Waals surface area contributed by atoms with Gasteiger partial charge >= 0.3 is 10.2 Å². The second kappa shape index (κ2) is 5.44. The Labute approximate surface area is 121 Å². The lowest BCUT2D eigenvalue weighted by molar-refractivity contribution is -0.117. The molecule has 1 amide bonds. The van der Waals surface area contributed by atoms with Crippen LogP contribution in [0, 0.1) is 5.92 Å². The number of hydrogen-bond acceptors (Lipinski definition) is 5. The average molecular weight is 315 g/mol. The van der Waals surface area contributed by atoms with E-state index in [0.29, 0.717) is 0 Å². The van der Waals surface area contributed by atoms with Gasteiger partial charge in [0.2, 0.25) is 5.91 Å². The minimum absolute atomic E-state index is 0.0170. The van der Waals surface area contributed by atoms with Crippen LogP contribution in [0.1, 0.15) is 23.7 Å². The molecule has 1 aliphatic heterocycles. The lowest BCUT2D eigenvalue weighted by Crippen LogP contribution is -2.25. The Morgan fingerprint density at radius 3 is 2.71 bits per heavy atom. The summed E-state index contributed by atoms with van der Waals surface area (Å²) in [6.45, 7) is 1.26. The molecule has 1 atom stereocenters. The minimum atomic E-state index is -4.66. The highest BCUT2D eigenvalue weighted by Crippen LogP contribution is 2.35. The van der Waals surface area contributed by atoms with Gasteiger partial charge in [0, 0.05) is 18.9 Å². The molecule has 114 valence electrons. The third-order valence-corrected chi connectivity index (χ3v) is 4.19. The van der Waals surface area contributed by atoms with Crippen LogP contribution in [0.15, 0.2) is 18.2 Å². The molecular formula is C13H14FNO5S. The number of carbonyl (C=O) groups excluding carboxylic acids is 2. The minimum Gasteiger partial charge on any atom is -0.505 e. The summed E-state index contributed by atoms with van der Waals surface area (Å²) in [5, 5.41) is 10.0. The summed E-state index contributed by atoms with van der Waals surface area (Å²) in [5.41, 5.74) is 0.202. The van der Waals surface area contributed by atoms with Crippen molar-refractivity contribution in [2.75, 3.05) is 17.2 Å². The maximum atomic E-state index is 12.7. The number of benzene rings is 1. The Bertz CT molecular complexity index is 701. The first-order valence-corrected chi connectivity index (χ1v) is 7.80. The van der Waals surface area contributed by atoms with E-state index < -0.39 is 27.8 Å². The van der Waals surface area contributed by atoms with E-state index in [2.05, 4.69) is 0 Å². The number of carbonyl (C=O) groups is 2. The highest BCUT2D eigenvalue weighted by Gasteiger charge is 2.35. The van der Waals surface area contributed by atoms with Crippen LogP contribution in [-0.2, 0) is 15.0 Å². The molecule has 8 heteroatoms. The third-order valence-electron chi connectivity index (χ3n) is 3.32. The highest BCUT2D eigenvalue weighted by atomic mass is 32.3. The quantitative estimate of drug-likeness (QED) is 0.667. The predicted octanol–water partition coefficient (Wildman–Crippen LogP) is 1.25. The Hall–Kier alpha value is -1.96. The first-order chi connectivity index (χ1) is 9.69. The van der Waals surface area contributed by atoms with Gasteiger partial charge in [-0.2, -0.15) is 8.42 Å². The zero-order valence-corrected chi connectivity index (χ0v) is 12.1. The Balaban J connectivity index is 2.29. The summed E-state index contributed by atoms with van der Waals surface area (Å²) < 4.78 is 34.0. The zero-order valence-electron chi connectivity index (χ0n) is 11.2. The van der Waals surface area contributed by atoms with Crippen LogP contribution in [-0.4, -0.2) is 37.5 Å². The molecule has 0 spiro atoms. The molecule has 6 nitrogen and oxygen atoms in total. The molecule has 1 aromatic carbocycles. The normalized spacial score (nSPS) is 19.0. The van der Waals surface area contributed by atoms with Gasteiger partial charge in [0.15, 0.2) is 5.78 Å². The molecular weight excluding hydrogens is 301 g/mol. The van der Waals surface area contributed by atoms with E-state index in [4.69, 9.17) is 0 Å². The molecule has 1 aromatic rings. The number of Topliss-reactive ketones (excluding diaryl/α,β-unsaturated/α-hetero) is 1. The molecule has 0 bridgehead atoms. The summed E-state index contributed by atoms with van der Waals surface area (Å²) in [5.74, 6) is -2.51. The van der Waals surface area contributed by atoms with Crippen molar-refractivity contribution in [1.29, 1.82) is 0 Å². The van der Waals surface area contributed by atoms with E-state index in [1.54, 1.807) is 0 Å². The van der Waals surface area contributed by atoms with E-state index in [0.717, 1.165) is 0 Å². The number of aromatic hydroxyl groups is 1. The number of phenolic OH excluding ortho intramolecular Hbond substituents is 1. The number of hydrogen-bond donors (Lipinski definition) is 1. The van der Waals surface area contributed by atoms with E-state index in [1.165, 1.54) is 30.0 Å². The van der Waals surface area contributed by atoms with Gasteiger partial charge in [-0.3, -0.25) is 9.59 Å². The van der Waals surface area contributed by atoms with Gasteiger partial charge in [-0.05, 0) is 19.1 Å². The monoisotopic (exact) mass is 315 g/mol. The molecule has 21 heavy (non-hydrogen) atoms. The van der Waals surface area contributed by atoms with Crippen LogP contribution in [0.4, 0.5) is 9.57 Å². The van der Waals surface area contributed by atoms with Crippen LogP contribution in [0.3, 0.4) is 0 Å². The number of amides is 1. The van der Waals surface area contributed by atoms with Crippen molar-refractivity contribution in [3.8, 4) is 5.75 Å².